The van der Waals surface area contributed by atoms with Crippen LogP contribution in [0.1, 0.15) is 26.7 Å². The Bertz CT molecular complexity index is 1100. The molecule has 0 fully saturated rings. The molecule has 0 saturated heterocycles. The molecule has 2 aromatic heterocycles. The van der Waals surface area contributed by atoms with E-state index in [1.54, 1.807) is 35.6 Å². The van der Waals surface area contributed by atoms with Crippen molar-refractivity contribution in [3.8, 4) is 0 Å². The summed E-state index contributed by atoms with van der Waals surface area (Å²) in [5.41, 5.74) is 2.19. The number of nitrogens with zero attached hydrogens (tertiary/aromatic N) is 1. The second-order valence-electron chi connectivity index (χ2n) is 6.34. The van der Waals surface area contributed by atoms with Crippen molar-refractivity contribution in [2.75, 3.05) is 6.61 Å². The number of thiazole rings is 1. The molecule has 7 heteroatoms. The molecule has 4 rings (SSSR count). The van der Waals surface area contributed by atoms with E-state index in [2.05, 4.69) is 10.3 Å². The van der Waals surface area contributed by atoms with Crippen LogP contribution in [-0.4, -0.2) is 23.5 Å². The highest BCUT2D eigenvalue weighted by Crippen LogP contribution is 2.24. The number of esters is 1. The minimum atomic E-state index is -0.533. The van der Waals surface area contributed by atoms with Crippen LogP contribution in [0, 0.1) is 0 Å². The number of amides is 1. The van der Waals surface area contributed by atoms with Crippen LogP contribution in [0.25, 0.3) is 10.2 Å². The fraction of sp³-hybridized carbons (Fsp3) is 0.136. The number of nitrogens with one attached hydrogen (secondary N) is 1. The van der Waals surface area contributed by atoms with Crippen LogP contribution in [0.4, 0.5) is 0 Å². The summed E-state index contributed by atoms with van der Waals surface area (Å²) in [4.78, 5) is 29.1. The number of benzene rings is 2. The largest absolute Gasteiger partial charge is 0.467 e. The van der Waals surface area contributed by atoms with Crippen LogP contribution >= 0.6 is 11.3 Å². The third-order valence-electron chi connectivity index (χ3n) is 4.29. The summed E-state index contributed by atoms with van der Waals surface area (Å²) in [6, 6.07) is 18.6. The van der Waals surface area contributed by atoms with Crippen LogP contribution in [0.15, 0.2) is 71.3 Å². The fourth-order valence-electron chi connectivity index (χ4n) is 2.89. The Morgan fingerprint density at radius 3 is 2.69 bits per heavy atom. The molecule has 0 aliphatic carbocycles. The van der Waals surface area contributed by atoms with Crippen LogP contribution in [0.3, 0.4) is 0 Å². The van der Waals surface area contributed by atoms with E-state index in [4.69, 9.17) is 9.15 Å². The molecular formula is C22H18N2O4S. The average molecular weight is 406 g/mol. The smallest absolute Gasteiger partial charge is 0.338 e. The van der Waals surface area contributed by atoms with Gasteiger partial charge in [-0.25, -0.2) is 9.78 Å². The maximum absolute atomic E-state index is 12.5. The van der Waals surface area contributed by atoms with Gasteiger partial charge in [-0.1, -0.05) is 30.3 Å². The van der Waals surface area contributed by atoms with E-state index in [1.807, 2.05) is 36.4 Å². The SMILES string of the molecule is O=C(COC(=O)c1ccccc1Cc1nc2ccccc2s1)NCc1ccco1. The van der Waals surface area contributed by atoms with Gasteiger partial charge >= 0.3 is 5.97 Å². The first-order valence-electron chi connectivity index (χ1n) is 9.07. The fourth-order valence-corrected chi connectivity index (χ4v) is 3.88. The van der Waals surface area contributed by atoms with Gasteiger partial charge < -0.3 is 14.5 Å². The zero-order valence-electron chi connectivity index (χ0n) is 15.5. The first-order chi connectivity index (χ1) is 14.2. The van der Waals surface area contributed by atoms with E-state index >= 15 is 0 Å². The predicted molar refractivity (Wildman–Crippen MR) is 110 cm³/mol. The molecule has 0 spiro atoms. The molecule has 0 radical (unpaired) electrons. The molecule has 6 nitrogen and oxygen atoms in total. The number of ether oxygens (including phenoxy) is 1. The summed E-state index contributed by atoms with van der Waals surface area (Å²) in [5, 5.41) is 3.56. The van der Waals surface area contributed by atoms with Crippen molar-refractivity contribution < 1.29 is 18.7 Å². The quantitative estimate of drug-likeness (QED) is 0.470. The van der Waals surface area contributed by atoms with Crippen molar-refractivity contribution in [3.63, 3.8) is 0 Å². The maximum Gasteiger partial charge on any atom is 0.338 e. The first-order valence-corrected chi connectivity index (χ1v) is 9.89. The molecule has 2 aromatic carbocycles. The van der Waals surface area contributed by atoms with Gasteiger partial charge in [0.15, 0.2) is 6.61 Å². The normalized spacial score (nSPS) is 10.8. The number of hydrogen-bond donors (Lipinski definition) is 1. The zero-order chi connectivity index (χ0) is 20.1. The van der Waals surface area contributed by atoms with E-state index in [9.17, 15) is 9.59 Å². The minimum Gasteiger partial charge on any atom is -0.467 e. The summed E-state index contributed by atoms with van der Waals surface area (Å²) in [5.74, 6) is -0.292. The lowest BCUT2D eigenvalue weighted by atomic mass is 10.1. The van der Waals surface area contributed by atoms with Gasteiger partial charge in [-0.15, -0.1) is 11.3 Å². The van der Waals surface area contributed by atoms with Crippen LogP contribution in [0.2, 0.25) is 0 Å². The van der Waals surface area contributed by atoms with Gasteiger partial charge in [-0.2, -0.15) is 0 Å². The number of furan rings is 1. The van der Waals surface area contributed by atoms with Crippen LogP contribution < -0.4 is 5.32 Å². The number of carbonyl (C=O) groups excluding carboxylic acids is 2. The van der Waals surface area contributed by atoms with E-state index in [1.165, 1.54) is 6.26 Å². The van der Waals surface area contributed by atoms with E-state index in [-0.39, 0.29) is 13.2 Å². The van der Waals surface area contributed by atoms with Gasteiger partial charge in [0.05, 0.1) is 33.6 Å². The van der Waals surface area contributed by atoms with Crippen LogP contribution in [0.5, 0.6) is 0 Å². The third-order valence-corrected chi connectivity index (χ3v) is 5.33. The molecule has 0 aliphatic heterocycles. The number of aromatic nitrogens is 1. The molecule has 146 valence electrons. The highest BCUT2D eigenvalue weighted by Gasteiger charge is 2.16. The second-order valence-corrected chi connectivity index (χ2v) is 7.46. The molecule has 2 heterocycles. The van der Waals surface area contributed by atoms with E-state index < -0.39 is 11.9 Å². The van der Waals surface area contributed by atoms with Gasteiger partial charge in [0, 0.05) is 6.42 Å². The molecule has 0 atom stereocenters. The average Bonchev–Trinajstić information content (AvgIpc) is 3.40. The zero-order valence-corrected chi connectivity index (χ0v) is 16.3. The lowest BCUT2D eigenvalue weighted by Gasteiger charge is -2.09. The lowest BCUT2D eigenvalue weighted by Crippen LogP contribution is -2.28. The molecule has 0 unspecified atom stereocenters. The van der Waals surface area contributed by atoms with Gasteiger partial charge in [-0.05, 0) is 35.9 Å². The molecule has 0 bridgehead atoms. The molecule has 1 N–H and O–H groups in total. The maximum atomic E-state index is 12.5. The lowest BCUT2D eigenvalue weighted by molar-refractivity contribution is -0.124. The predicted octanol–water partition coefficient (Wildman–Crippen LogP) is 3.95. The Labute approximate surface area is 171 Å². The number of hydrogen-bond acceptors (Lipinski definition) is 6. The van der Waals surface area contributed by atoms with E-state index in [0.717, 1.165) is 20.8 Å². The van der Waals surface area contributed by atoms with Crippen molar-refractivity contribution in [3.05, 3.63) is 88.8 Å². The molecule has 4 aromatic rings. The number of fused-ring (bicyclic) bond motifs is 1. The Morgan fingerprint density at radius 2 is 1.86 bits per heavy atom. The molecule has 0 saturated carbocycles. The highest BCUT2D eigenvalue weighted by molar-refractivity contribution is 7.18. The van der Waals surface area contributed by atoms with Gasteiger partial charge in [0.2, 0.25) is 0 Å². The summed E-state index contributed by atoms with van der Waals surface area (Å²) in [6.07, 6.45) is 2.05. The van der Waals surface area contributed by atoms with Crippen molar-refractivity contribution in [1.82, 2.24) is 10.3 Å². The van der Waals surface area contributed by atoms with Crippen LogP contribution in [-0.2, 0) is 22.5 Å². The van der Waals surface area contributed by atoms with Gasteiger partial charge in [-0.3, -0.25) is 4.79 Å². The summed E-state index contributed by atoms with van der Waals surface area (Å²) >= 11 is 1.60. The molecule has 1 amide bonds. The third kappa shape index (κ3) is 4.70. The minimum absolute atomic E-state index is 0.248. The number of para-hydroxylation sites is 1. The van der Waals surface area contributed by atoms with E-state index in [0.29, 0.717) is 17.7 Å². The monoisotopic (exact) mass is 406 g/mol. The standard InChI is InChI=1S/C22H18N2O4S/c25-20(23-13-16-7-5-11-27-16)14-28-22(26)17-8-2-1-6-15(17)12-21-24-18-9-3-4-10-19(18)29-21/h1-11H,12-14H2,(H,23,25). The Hall–Kier alpha value is -3.45. The summed E-state index contributed by atoms with van der Waals surface area (Å²) in [7, 11) is 0. The molecule has 29 heavy (non-hydrogen) atoms. The number of carbonyl (C=O) groups is 2. The summed E-state index contributed by atoms with van der Waals surface area (Å²) in [6.45, 7) is -0.105. The van der Waals surface area contributed by atoms with Gasteiger partial charge in [0.25, 0.3) is 5.91 Å². The number of rotatable bonds is 7. The summed E-state index contributed by atoms with van der Waals surface area (Å²) < 4.78 is 11.5. The Morgan fingerprint density at radius 1 is 1.03 bits per heavy atom. The highest BCUT2D eigenvalue weighted by atomic mass is 32.1. The topological polar surface area (TPSA) is 81.4 Å². The van der Waals surface area contributed by atoms with Crippen molar-refractivity contribution in [2.45, 2.75) is 13.0 Å². The molecule has 0 aliphatic rings. The van der Waals surface area contributed by atoms with Gasteiger partial charge in [0.1, 0.15) is 5.76 Å². The Balaban J connectivity index is 1.39. The first kappa shape index (κ1) is 18.9. The second kappa shape index (κ2) is 8.70. The molecular weight excluding hydrogens is 388 g/mol. The van der Waals surface area contributed by atoms with Crippen molar-refractivity contribution >= 4 is 33.4 Å². The van der Waals surface area contributed by atoms with Crippen molar-refractivity contribution in [1.29, 1.82) is 0 Å². The Kier molecular flexibility index (Phi) is 5.67. The van der Waals surface area contributed by atoms with Crippen molar-refractivity contribution in [2.24, 2.45) is 0 Å².